The maximum absolute atomic E-state index is 11.3. The Morgan fingerprint density at radius 1 is 1.35 bits per heavy atom. The van der Waals surface area contributed by atoms with Gasteiger partial charge in [0.15, 0.2) is 0 Å². The van der Waals surface area contributed by atoms with Gasteiger partial charge >= 0.3 is 0 Å². The number of sulfone groups is 1. The molecule has 0 unspecified atom stereocenters. The summed E-state index contributed by atoms with van der Waals surface area (Å²) in [5.74, 6) is 0.199. The summed E-state index contributed by atoms with van der Waals surface area (Å²) in [6, 6.07) is 9.93. The van der Waals surface area contributed by atoms with Crippen LogP contribution in [-0.4, -0.2) is 49.6 Å². The van der Waals surface area contributed by atoms with Gasteiger partial charge in [0, 0.05) is 18.8 Å². The van der Waals surface area contributed by atoms with Crippen LogP contribution in [0.1, 0.15) is 30.9 Å². The molecule has 1 aliphatic rings. The molecule has 1 saturated heterocycles. The van der Waals surface area contributed by atoms with E-state index in [0.717, 1.165) is 24.9 Å². The summed E-state index contributed by atoms with van der Waals surface area (Å²) < 4.78 is 22.5. The van der Waals surface area contributed by atoms with Crippen molar-refractivity contribution in [2.75, 3.05) is 25.1 Å². The molecule has 0 amide bonds. The van der Waals surface area contributed by atoms with E-state index >= 15 is 0 Å². The molecule has 1 aromatic rings. The molecule has 1 N–H and O–H groups in total. The lowest BCUT2D eigenvalue weighted by Gasteiger charge is -2.26. The Bertz CT molecular complexity index is 515. The third-order valence-electron chi connectivity index (χ3n) is 3.93. The molecular formula is C15H23NO3S. The van der Waals surface area contributed by atoms with E-state index in [2.05, 4.69) is 4.90 Å². The van der Waals surface area contributed by atoms with Crippen LogP contribution in [0.2, 0.25) is 0 Å². The summed E-state index contributed by atoms with van der Waals surface area (Å²) in [5, 5.41) is 10.3. The number of aliphatic hydroxyl groups is 1. The number of likely N-dealkylation sites (tertiary alicyclic amines) is 1. The Morgan fingerprint density at radius 3 is 2.70 bits per heavy atom. The molecule has 112 valence electrons. The predicted molar refractivity (Wildman–Crippen MR) is 80.3 cm³/mol. The third kappa shape index (κ3) is 4.58. The number of nitrogens with zero attached hydrogens (tertiary/aromatic N) is 1. The van der Waals surface area contributed by atoms with Gasteiger partial charge in [-0.25, -0.2) is 8.42 Å². The highest BCUT2D eigenvalue weighted by Crippen LogP contribution is 2.27. The Kier molecular flexibility index (Phi) is 5.18. The highest BCUT2D eigenvalue weighted by atomic mass is 32.2. The first-order chi connectivity index (χ1) is 9.46. The van der Waals surface area contributed by atoms with Gasteiger partial charge in [-0.1, -0.05) is 30.3 Å². The monoisotopic (exact) mass is 297 g/mol. The van der Waals surface area contributed by atoms with Crippen molar-refractivity contribution < 1.29 is 13.5 Å². The van der Waals surface area contributed by atoms with Crippen LogP contribution in [0.5, 0.6) is 0 Å². The molecule has 2 atom stereocenters. The first kappa shape index (κ1) is 15.5. The first-order valence-electron chi connectivity index (χ1n) is 7.10. The molecule has 0 radical (unpaired) electrons. The average molecular weight is 297 g/mol. The summed E-state index contributed by atoms with van der Waals surface area (Å²) in [7, 11) is -2.92. The fraction of sp³-hybridized carbons (Fsp3) is 0.600. The number of aliphatic hydroxyl groups excluding tert-OH is 1. The fourth-order valence-electron chi connectivity index (χ4n) is 2.81. The van der Waals surface area contributed by atoms with Crippen molar-refractivity contribution in [3.8, 4) is 0 Å². The minimum atomic E-state index is -2.92. The molecule has 0 bridgehead atoms. The van der Waals surface area contributed by atoms with Crippen molar-refractivity contribution in [3.05, 3.63) is 35.9 Å². The van der Waals surface area contributed by atoms with Crippen molar-refractivity contribution in [1.29, 1.82) is 0 Å². The molecule has 1 aliphatic heterocycles. The lowest BCUT2D eigenvalue weighted by Crippen LogP contribution is -2.34. The smallest absolute Gasteiger partial charge is 0.148 e. The minimum absolute atomic E-state index is 0.199. The zero-order chi connectivity index (χ0) is 14.6. The van der Waals surface area contributed by atoms with Crippen molar-refractivity contribution in [1.82, 2.24) is 4.90 Å². The van der Waals surface area contributed by atoms with E-state index in [4.69, 9.17) is 0 Å². The summed E-state index contributed by atoms with van der Waals surface area (Å²) in [4.78, 5) is 2.20. The molecular weight excluding hydrogens is 274 g/mol. The van der Waals surface area contributed by atoms with Crippen LogP contribution in [0.25, 0.3) is 0 Å². The van der Waals surface area contributed by atoms with E-state index in [9.17, 15) is 13.5 Å². The largest absolute Gasteiger partial charge is 0.388 e. The van der Waals surface area contributed by atoms with Gasteiger partial charge in [0.05, 0.1) is 11.9 Å². The van der Waals surface area contributed by atoms with Crippen LogP contribution in [0.15, 0.2) is 30.3 Å². The highest BCUT2D eigenvalue weighted by molar-refractivity contribution is 7.90. The van der Waals surface area contributed by atoms with Gasteiger partial charge in [0.25, 0.3) is 0 Å². The molecule has 0 aliphatic carbocycles. The summed E-state index contributed by atoms with van der Waals surface area (Å²) in [5.41, 5.74) is 0.933. The van der Waals surface area contributed by atoms with Gasteiger partial charge in [-0.3, -0.25) is 4.90 Å². The molecule has 1 fully saturated rings. The van der Waals surface area contributed by atoms with Crippen LogP contribution in [0.4, 0.5) is 0 Å². The topological polar surface area (TPSA) is 57.6 Å². The van der Waals surface area contributed by atoms with Crippen LogP contribution >= 0.6 is 0 Å². The van der Waals surface area contributed by atoms with Crippen LogP contribution in [0.3, 0.4) is 0 Å². The number of hydrogen-bond acceptors (Lipinski definition) is 4. The Balaban J connectivity index is 1.91. The second kappa shape index (κ2) is 6.70. The molecule has 0 spiro atoms. The zero-order valence-corrected chi connectivity index (χ0v) is 12.7. The lowest BCUT2D eigenvalue weighted by molar-refractivity contribution is 0.123. The van der Waals surface area contributed by atoms with Gasteiger partial charge in [-0.15, -0.1) is 0 Å². The van der Waals surface area contributed by atoms with E-state index in [1.807, 2.05) is 30.3 Å². The number of rotatable bonds is 6. The average Bonchev–Trinajstić information content (AvgIpc) is 2.84. The SMILES string of the molecule is CS(=O)(=O)CCN1CCC[C@@H]1C[C@H](O)c1ccccc1. The van der Waals surface area contributed by atoms with Gasteiger partial charge < -0.3 is 5.11 Å². The zero-order valence-electron chi connectivity index (χ0n) is 11.9. The van der Waals surface area contributed by atoms with Crippen LogP contribution in [0, 0.1) is 0 Å². The second-order valence-corrected chi connectivity index (χ2v) is 7.88. The van der Waals surface area contributed by atoms with Crippen molar-refractivity contribution >= 4 is 9.84 Å². The van der Waals surface area contributed by atoms with Crippen LogP contribution in [-0.2, 0) is 9.84 Å². The standard InChI is InChI=1S/C15H23NO3S/c1-20(18,19)11-10-16-9-5-8-14(16)12-15(17)13-6-3-2-4-7-13/h2-4,6-7,14-15,17H,5,8-12H2,1H3/t14-,15+/m1/s1. The molecule has 0 aromatic heterocycles. The predicted octanol–water partition coefficient (Wildman–Crippen LogP) is 1.62. The van der Waals surface area contributed by atoms with Crippen LogP contribution < -0.4 is 0 Å². The van der Waals surface area contributed by atoms with Gasteiger partial charge in [0.2, 0.25) is 0 Å². The van der Waals surface area contributed by atoms with Crippen molar-refractivity contribution in [2.24, 2.45) is 0 Å². The third-order valence-corrected chi connectivity index (χ3v) is 4.85. The second-order valence-electron chi connectivity index (χ2n) is 5.62. The van der Waals surface area contributed by atoms with E-state index in [0.29, 0.717) is 13.0 Å². The summed E-state index contributed by atoms with van der Waals surface area (Å²) in [6.07, 6.45) is 3.59. The van der Waals surface area contributed by atoms with E-state index in [1.165, 1.54) is 6.26 Å². The van der Waals surface area contributed by atoms with Crippen molar-refractivity contribution in [2.45, 2.75) is 31.4 Å². The molecule has 0 saturated carbocycles. The Labute approximate surface area is 121 Å². The van der Waals surface area contributed by atoms with Gasteiger partial charge in [-0.05, 0) is 31.4 Å². The maximum atomic E-state index is 11.3. The van der Waals surface area contributed by atoms with E-state index in [1.54, 1.807) is 0 Å². The molecule has 20 heavy (non-hydrogen) atoms. The molecule has 1 aromatic carbocycles. The summed E-state index contributed by atoms with van der Waals surface area (Å²) in [6.45, 7) is 1.51. The molecule has 5 heteroatoms. The fourth-order valence-corrected chi connectivity index (χ4v) is 3.37. The van der Waals surface area contributed by atoms with E-state index < -0.39 is 15.9 Å². The number of benzene rings is 1. The minimum Gasteiger partial charge on any atom is -0.388 e. The summed E-state index contributed by atoms with van der Waals surface area (Å²) >= 11 is 0. The number of hydrogen-bond donors (Lipinski definition) is 1. The van der Waals surface area contributed by atoms with Gasteiger partial charge in [0.1, 0.15) is 9.84 Å². The first-order valence-corrected chi connectivity index (χ1v) is 9.16. The van der Waals surface area contributed by atoms with Gasteiger partial charge in [-0.2, -0.15) is 0 Å². The van der Waals surface area contributed by atoms with Crippen molar-refractivity contribution in [3.63, 3.8) is 0 Å². The molecule has 2 rings (SSSR count). The lowest BCUT2D eigenvalue weighted by atomic mass is 10.0. The normalized spacial score (nSPS) is 22.0. The highest BCUT2D eigenvalue weighted by Gasteiger charge is 2.27. The Hall–Kier alpha value is -0.910. The Morgan fingerprint density at radius 2 is 2.05 bits per heavy atom. The molecule has 4 nitrogen and oxygen atoms in total. The maximum Gasteiger partial charge on any atom is 0.148 e. The molecule has 1 heterocycles. The van der Waals surface area contributed by atoms with E-state index in [-0.39, 0.29) is 11.8 Å². The quantitative estimate of drug-likeness (QED) is 0.867.